The molecule has 0 fully saturated rings. The van der Waals surface area contributed by atoms with Crippen LogP contribution in [0.4, 0.5) is 17.1 Å². The number of anilines is 3. The Morgan fingerprint density at radius 3 is 1.57 bits per heavy atom. The summed E-state index contributed by atoms with van der Waals surface area (Å²) in [7, 11) is 0. The maximum absolute atomic E-state index is 5.76. The SMILES string of the molecule is CC1(C)c2ccccc2-c2ccc3c(c21)-c1cc(-c2nc(-c4ccccc4)nc(-c4cccc(-c5ccccc5)c4)n2)c2c4c1B3c1ccc3c(c1N4c1cccc4c1C2(C)c1ccccc1-4)C(C)(C)c1ccccc1-3. The quantitative estimate of drug-likeness (QED) is 0.165. The second-order valence-electron chi connectivity index (χ2n) is 23.1. The first kappa shape index (κ1) is 42.4. The van der Waals surface area contributed by atoms with Crippen LogP contribution in [0.2, 0.25) is 0 Å². The van der Waals surface area contributed by atoms with Gasteiger partial charge in [0.25, 0.3) is 0 Å². The highest BCUT2D eigenvalue weighted by atomic mass is 15.2. The molecule has 356 valence electrons. The first-order valence-corrected chi connectivity index (χ1v) is 26.9. The van der Waals surface area contributed by atoms with E-state index in [1.807, 2.05) is 0 Å². The highest BCUT2D eigenvalue weighted by Gasteiger charge is 2.57. The minimum absolute atomic E-state index is 0.0202. The van der Waals surface area contributed by atoms with Gasteiger partial charge in [0, 0.05) is 49.9 Å². The molecular weight excluding hydrogens is 920 g/mol. The molecule has 0 spiro atoms. The Kier molecular flexibility index (Phi) is 8.08. The lowest BCUT2D eigenvalue weighted by Gasteiger charge is -2.49. The lowest BCUT2D eigenvalue weighted by Crippen LogP contribution is -2.57. The van der Waals surface area contributed by atoms with Crippen LogP contribution in [0.25, 0.3) is 89.8 Å². The molecule has 6 aliphatic rings. The van der Waals surface area contributed by atoms with Gasteiger partial charge in [0.1, 0.15) is 0 Å². The Bertz CT molecular complexity index is 4440. The van der Waals surface area contributed by atoms with Gasteiger partial charge in [-0.1, -0.05) is 221 Å². The van der Waals surface area contributed by atoms with E-state index in [9.17, 15) is 0 Å². The van der Waals surface area contributed by atoms with Gasteiger partial charge in [-0.25, -0.2) is 15.0 Å². The van der Waals surface area contributed by atoms with E-state index in [1.165, 1.54) is 117 Å². The van der Waals surface area contributed by atoms with E-state index in [0.29, 0.717) is 17.5 Å². The molecule has 4 heterocycles. The second kappa shape index (κ2) is 14.5. The van der Waals surface area contributed by atoms with Gasteiger partial charge in [-0.2, -0.15) is 0 Å². The van der Waals surface area contributed by atoms with Gasteiger partial charge in [-0.05, 0) is 125 Å². The molecule has 0 saturated carbocycles. The van der Waals surface area contributed by atoms with E-state index in [0.717, 1.165) is 27.8 Å². The van der Waals surface area contributed by atoms with Gasteiger partial charge < -0.3 is 4.90 Å². The lowest BCUT2D eigenvalue weighted by atomic mass is 9.36. The third kappa shape index (κ3) is 5.14. The molecule has 3 aliphatic heterocycles. The number of rotatable bonds is 4. The summed E-state index contributed by atoms with van der Waals surface area (Å²) in [4.78, 5) is 19.6. The van der Waals surface area contributed by atoms with Crippen molar-refractivity contribution in [1.82, 2.24) is 15.0 Å². The van der Waals surface area contributed by atoms with Crippen LogP contribution in [-0.4, -0.2) is 21.7 Å². The van der Waals surface area contributed by atoms with Crippen molar-refractivity contribution in [3.05, 3.63) is 245 Å². The van der Waals surface area contributed by atoms with E-state index in [-0.39, 0.29) is 17.5 Å². The molecule has 10 aromatic carbocycles. The van der Waals surface area contributed by atoms with Crippen molar-refractivity contribution >= 4 is 40.2 Å². The smallest absolute Gasteiger partial charge is 0.248 e. The summed E-state index contributed by atoms with van der Waals surface area (Å²) >= 11 is 0. The molecule has 76 heavy (non-hydrogen) atoms. The van der Waals surface area contributed by atoms with E-state index in [4.69, 9.17) is 15.0 Å². The summed E-state index contributed by atoms with van der Waals surface area (Å²) in [5.41, 5.74) is 31.9. The van der Waals surface area contributed by atoms with Crippen LogP contribution in [0.5, 0.6) is 0 Å². The molecule has 4 nitrogen and oxygen atoms in total. The third-order valence-electron chi connectivity index (χ3n) is 18.6. The van der Waals surface area contributed by atoms with Gasteiger partial charge in [0.2, 0.25) is 6.71 Å². The number of benzene rings is 10. The monoisotopic (exact) mass is 968 g/mol. The molecule has 0 amide bonds. The number of aromatic nitrogens is 3. The minimum Gasteiger partial charge on any atom is -0.310 e. The highest BCUT2D eigenvalue weighted by Crippen LogP contribution is 2.67. The van der Waals surface area contributed by atoms with Gasteiger partial charge in [0.05, 0.1) is 5.69 Å². The summed E-state index contributed by atoms with van der Waals surface area (Å²) in [6, 6.07) is 76.7. The zero-order valence-electron chi connectivity index (χ0n) is 43.0. The van der Waals surface area contributed by atoms with Gasteiger partial charge in [-0.15, -0.1) is 0 Å². The van der Waals surface area contributed by atoms with Crippen LogP contribution in [0, 0.1) is 0 Å². The minimum atomic E-state index is -0.587. The molecule has 11 aromatic rings. The van der Waals surface area contributed by atoms with Gasteiger partial charge in [0.15, 0.2) is 17.5 Å². The predicted molar refractivity (Wildman–Crippen MR) is 312 cm³/mol. The van der Waals surface area contributed by atoms with Crippen molar-refractivity contribution in [3.8, 4) is 89.8 Å². The Balaban J connectivity index is 1.05. The normalized spacial score (nSPS) is 17.0. The van der Waals surface area contributed by atoms with E-state index in [2.05, 4.69) is 246 Å². The molecule has 0 bridgehead atoms. The first-order chi connectivity index (χ1) is 37.1. The van der Waals surface area contributed by atoms with Crippen molar-refractivity contribution in [1.29, 1.82) is 0 Å². The molecule has 5 heteroatoms. The van der Waals surface area contributed by atoms with Crippen LogP contribution < -0.4 is 21.3 Å². The molecule has 0 radical (unpaired) electrons. The fourth-order valence-electron chi connectivity index (χ4n) is 15.5. The fraction of sp³-hybridized carbons (Fsp3) is 0.113. The molecule has 17 rings (SSSR count). The number of hydrogen-bond acceptors (Lipinski definition) is 4. The number of nitrogens with zero attached hydrogens (tertiary/aromatic N) is 4. The largest absolute Gasteiger partial charge is 0.310 e. The van der Waals surface area contributed by atoms with E-state index >= 15 is 0 Å². The van der Waals surface area contributed by atoms with E-state index in [1.54, 1.807) is 0 Å². The molecular formula is C71H49BN4. The summed E-state index contributed by atoms with van der Waals surface area (Å²) in [5, 5.41) is 0. The maximum atomic E-state index is 5.76. The summed E-state index contributed by atoms with van der Waals surface area (Å²) in [6.45, 7) is 12.3. The fourth-order valence-corrected chi connectivity index (χ4v) is 15.5. The van der Waals surface area contributed by atoms with Gasteiger partial charge >= 0.3 is 0 Å². The predicted octanol–water partition coefficient (Wildman–Crippen LogP) is 15.1. The van der Waals surface area contributed by atoms with Crippen LogP contribution >= 0.6 is 0 Å². The summed E-state index contributed by atoms with van der Waals surface area (Å²) in [6.07, 6.45) is 0. The van der Waals surface area contributed by atoms with E-state index < -0.39 is 5.41 Å². The van der Waals surface area contributed by atoms with Crippen LogP contribution in [0.3, 0.4) is 0 Å². The van der Waals surface area contributed by atoms with Crippen molar-refractivity contribution in [2.45, 2.75) is 50.9 Å². The van der Waals surface area contributed by atoms with Crippen molar-refractivity contribution in [2.75, 3.05) is 4.90 Å². The number of fused-ring (bicyclic) bond motifs is 19. The van der Waals surface area contributed by atoms with Crippen LogP contribution in [0.15, 0.2) is 206 Å². The standard InChI is InChI=1S/C71H49BN4/c1-69(2)52-30-15-12-26-44(52)48-34-36-55-58(60(48)69)50-39-51(68-74-66(41-22-10-7-11-23-41)73-67(75-68)43-25-18-24-42(38-43)40-20-8-6-9-21-40)62-65-63(50)72(55)56-37-35-49-45-27-13-16-31-53(45)70(3,4)61(49)64(56)76(65)57-33-19-29-47-46-28-14-17-32-54(46)71(62,5)59(47)57/h6-39H,1-5H3. The molecule has 1 atom stereocenters. The van der Waals surface area contributed by atoms with Crippen molar-refractivity contribution < 1.29 is 0 Å². The topological polar surface area (TPSA) is 41.9 Å². The first-order valence-electron chi connectivity index (χ1n) is 26.9. The summed E-state index contributed by atoms with van der Waals surface area (Å²) in [5.74, 6) is 1.97. The molecule has 1 aromatic heterocycles. The average molecular weight is 969 g/mol. The molecule has 0 N–H and O–H groups in total. The average Bonchev–Trinajstić information content (AvgIpc) is 4.31. The highest BCUT2D eigenvalue weighted by molar-refractivity contribution is 7.01. The Morgan fingerprint density at radius 1 is 0.342 bits per heavy atom. The summed E-state index contributed by atoms with van der Waals surface area (Å²) < 4.78 is 0. The van der Waals surface area contributed by atoms with Gasteiger partial charge in [-0.3, -0.25) is 0 Å². The van der Waals surface area contributed by atoms with Crippen molar-refractivity contribution in [3.63, 3.8) is 0 Å². The number of hydrogen-bond donors (Lipinski definition) is 0. The second-order valence-corrected chi connectivity index (χ2v) is 23.1. The van der Waals surface area contributed by atoms with Crippen LogP contribution in [0.1, 0.15) is 73.6 Å². The molecule has 0 saturated heterocycles. The maximum Gasteiger partial charge on any atom is 0.248 e. The lowest BCUT2D eigenvalue weighted by molar-refractivity contribution is 0.659. The zero-order valence-corrected chi connectivity index (χ0v) is 43.0. The Morgan fingerprint density at radius 2 is 0.855 bits per heavy atom. The molecule has 3 aliphatic carbocycles. The molecule has 1 unspecified atom stereocenters. The van der Waals surface area contributed by atoms with Crippen LogP contribution in [-0.2, 0) is 16.2 Å². The van der Waals surface area contributed by atoms with Crippen molar-refractivity contribution in [2.24, 2.45) is 0 Å². The third-order valence-corrected chi connectivity index (χ3v) is 18.6. The Labute approximate surface area is 443 Å². The Hall–Kier alpha value is -8.93. The zero-order chi connectivity index (χ0) is 50.6.